The SMILES string of the molecule is CNC(=O)[C@H]1C[C@@H](Nc2nc(Nc3ccc(C(=O)N(C)C4CCN(C)CC4)cc3)ncc2C(F)(F)F)C1. The average molecular weight is 520 g/mol. The van der Waals surface area contributed by atoms with Gasteiger partial charge in [0.2, 0.25) is 11.9 Å². The van der Waals surface area contributed by atoms with E-state index in [-0.39, 0.29) is 41.6 Å². The summed E-state index contributed by atoms with van der Waals surface area (Å²) in [6, 6.07) is 6.58. The number of nitrogens with one attached hydrogen (secondary N) is 3. The lowest BCUT2D eigenvalue weighted by Crippen LogP contribution is -2.44. The molecule has 1 aliphatic heterocycles. The Kier molecular flexibility index (Phi) is 7.86. The second-order valence-electron chi connectivity index (χ2n) is 9.73. The molecule has 9 nitrogen and oxygen atoms in total. The third-order valence-electron chi connectivity index (χ3n) is 7.13. The molecule has 0 atom stereocenters. The average Bonchev–Trinajstić information content (AvgIpc) is 2.85. The number of carbonyl (C=O) groups excluding carboxylic acids is 2. The van der Waals surface area contributed by atoms with Gasteiger partial charge < -0.3 is 25.8 Å². The Bertz CT molecular complexity index is 1110. The number of benzene rings is 1. The van der Waals surface area contributed by atoms with Crippen molar-refractivity contribution in [1.82, 2.24) is 25.1 Å². The van der Waals surface area contributed by atoms with Crippen LogP contribution >= 0.6 is 0 Å². The zero-order valence-corrected chi connectivity index (χ0v) is 21.1. The summed E-state index contributed by atoms with van der Waals surface area (Å²) in [6.45, 7) is 1.90. The number of hydrogen-bond acceptors (Lipinski definition) is 7. The van der Waals surface area contributed by atoms with Crippen LogP contribution in [0.5, 0.6) is 0 Å². The molecule has 37 heavy (non-hydrogen) atoms. The van der Waals surface area contributed by atoms with Gasteiger partial charge >= 0.3 is 6.18 Å². The zero-order chi connectivity index (χ0) is 26.7. The van der Waals surface area contributed by atoms with Crippen molar-refractivity contribution >= 4 is 29.3 Å². The summed E-state index contributed by atoms with van der Waals surface area (Å²) >= 11 is 0. The smallest absolute Gasteiger partial charge is 0.367 e. The number of aromatic nitrogens is 2. The van der Waals surface area contributed by atoms with E-state index in [1.165, 1.54) is 7.05 Å². The second-order valence-corrected chi connectivity index (χ2v) is 9.73. The summed E-state index contributed by atoms with van der Waals surface area (Å²) in [5.41, 5.74) is 0.0881. The largest absolute Gasteiger partial charge is 0.421 e. The molecule has 1 saturated heterocycles. The Labute approximate surface area is 213 Å². The van der Waals surface area contributed by atoms with Gasteiger partial charge in [0, 0.05) is 49.5 Å². The van der Waals surface area contributed by atoms with Gasteiger partial charge in [-0.2, -0.15) is 18.2 Å². The minimum atomic E-state index is -4.63. The van der Waals surface area contributed by atoms with Gasteiger partial charge in [0.15, 0.2) is 0 Å². The second kappa shape index (κ2) is 10.9. The molecular weight excluding hydrogens is 487 g/mol. The molecule has 1 aliphatic carbocycles. The summed E-state index contributed by atoms with van der Waals surface area (Å²) in [6.07, 6.45) is -1.20. The van der Waals surface area contributed by atoms with Gasteiger partial charge in [-0.05, 0) is 70.1 Å². The number of amides is 2. The molecule has 1 aromatic heterocycles. The third kappa shape index (κ3) is 6.30. The molecule has 4 rings (SSSR count). The van der Waals surface area contributed by atoms with Crippen LogP contribution in [0.4, 0.5) is 30.6 Å². The first-order valence-corrected chi connectivity index (χ1v) is 12.3. The van der Waals surface area contributed by atoms with E-state index in [2.05, 4.69) is 37.9 Å². The molecule has 2 aliphatic rings. The van der Waals surface area contributed by atoms with Crippen molar-refractivity contribution in [2.75, 3.05) is 44.9 Å². The molecule has 1 aromatic carbocycles. The summed E-state index contributed by atoms with van der Waals surface area (Å²) in [4.78, 5) is 36.5. The van der Waals surface area contributed by atoms with Crippen LogP contribution < -0.4 is 16.0 Å². The van der Waals surface area contributed by atoms with Crippen LogP contribution in [-0.4, -0.2) is 77.9 Å². The van der Waals surface area contributed by atoms with Crippen LogP contribution in [0.2, 0.25) is 0 Å². The summed E-state index contributed by atoms with van der Waals surface area (Å²) in [5, 5.41) is 8.27. The van der Waals surface area contributed by atoms with Crippen LogP contribution in [0.25, 0.3) is 0 Å². The first-order chi connectivity index (χ1) is 17.5. The van der Waals surface area contributed by atoms with Crippen molar-refractivity contribution < 1.29 is 22.8 Å². The van der Waals surface area contributed by atoms with Crippen molar-refractivity contribution in [3.63, 3.8) is 0 Å². The maximum absolute atomic E-state index is 13.5. The van der Waals surface area contributed by atoms with E-state index in [0.717, 1.165) is 32.1 Å². The van der Waals surface area contributed by atoms with Gasteiger partial charge in [-0.25, -0.2) is 4.98 Å². The maximum Gasteiger partial charge on any atom is 0.421 e. The lowest BCUT2D eigenvalue weighted by atomic mass is 9.79. The molecule has 12 heteroatoms. The van der Waals surface area contributed by atoms with Crippen molar-refractivity contribution in [3.05, 3.63) is 41.6 Å². The molecule has 2 fully saturated rings. The lowest BCUT2D eigenvalue weighted by Gasteiger charge is -2.35. The third-order valence-corrected chi connectivity index (χ3v) is 7.13. The fraction of sp³-hybridized carbons (Fsp3) is 0.520. The first kappa shape index (κ1) is 26.6. The highest BCUT2D eigenvalue weighted by Crippen LogP contribution is 2.37. The fourth-order valence-corrected chi connectivity index (χ4v) is 4.68. The van der Waals surface area contributed by atoms with E-state index in [1.807, 2.05) is 7.05 Å². The van der Waals surface area contributed by atoms with Gasteiger partial charge in [0.1, 0.15) is 11.4 Å². The molecule has 200 valence electrons. The van der Waals surface area contributed by atoms with E-state index in [1.54, 1.807) is 29.2 Å². The Hall–Kier alpha value is -3.41. The van der Waals surface area contributed by atoms with Gasteiger partial charge in [-0.3, -0.25) is 9.59 Å². The molecule has 2 amide bonds. The van der Waals surface area contributed by atoms with E-state index >= 15 is 0 Å². The number of anilines is 3. The monoisotopic (exact) mass is 519 g/mol. The number of likely N-dealkylation sites (tertiary alicyclic amines) is 1. The molecular formula is C25H32F3N7O2. The quantitative estimate of drug-likeness (QED) is 0.516. The number of alkyl halides is 3. The Morgan fingerprint density at radius 1 is 1.11 bits per heavy atom. The molecule has 0 spiro atoms. The maximum atomic E-state index is 13.5. The molecule has 2 heterocycles. The number of nitrogens with zero attached hydrogens (tertiary/aromatic N) is 4. The van der Waals surface area contributed by atoms with Gasteiger partial charge in [-0.15, -0.1) is 0 Å². The van der Waals surface area contributed by atoms with E-state index in [4.69, 9.17) is 0 Å². The predicted molar refractivity (Wildman–Crippen MR) is 134 cm³/mol. The Morgan fingerprint density at radius 2 is 1.76 bits per heavy atom. The van der Waals surface area contributed by atoms with Crippen LogP contribution in [-0.2, 0) is 11.0 Å². The van der Waals surface area contributed by atoms with Gasteiger partial charge in [0.25, 0.3) is 5.91 Å². The number of hydrogen-bond donors (Lipinski definition) is 3. The molecule has 0 bridgehead atoms. The number of piperidine rings is 1. The normalized spacial score (nSPS) is 20.6. The topological polar surface area (TPSA) is 102 Å². The Balaban J connectivity index is 1.42. The first-order valence-electron chi connectivity index (χ1n) is 12.3. The van der Waals surface area contributed by atoms with Crippen molar-refractivity contribution in [1.29, 1.82) is 0 Å². The van der Waals surface area contributed by atoms with Gasteiger partial charge in [0.05, 0.1) is 0 Å². The molecule has 1 saturated carbocycles. The fourth-order valence-electron chi connectivity index (χ4n) is 4.68. The van der Waals surface area contributed by atoms with Crippen molar-refractivity contribution in [3.8, 4) is 0 Å². The minimum Gasteiger partial charge on any atom is -0.367 e. The van der Waals surface area contributed by atoms with E-state index in [9.17, 15) is 22.8 Å². The van der Waals surface area contributed by atoms with E-state index in [0.29, 0.717) is 24.1 Å². The molecule has 3 N–H and O–H groups in total. The summed E-state index contributed by atoms with van der Waals surface area (Å²) in [5.74, 6) is -0.777. The van der Waals surface area contributed by atoms with Crippen molar-refractivity contribution in [2.24, 2.45) is 5.92 Å². The van der Waals surface area contributed by atoms with Crippen LogP contribution in [0.3, 0.4) is 0 Å². The van der Waals surface area contributed by atoms with Crippen LogP contribution in [0.1, 0.15) is 41.6 Å². The lowest BCUT2D eigenvalue weighted by molar-refractivity contribution is -0.137. The number of rotatable bonds is 7. The van der Waals surface area contributed by atoms with Crippen LogP contribution in [0, 0.1) is 5.92 Å². The highest BCUT2D eigenvalue weighted by molar-refractivity contribution is 5.94. The summed E-state index contributed by atoms with van der Waals surface area (Å²) < 4.78 is 40.6. The molecule has 0 unspecified atom stereocenters. The van der Waals surface area contributed by atoms with E-state index < -0.39 is 11.7 Å². The zero-order valence-electron chi connectivity index (χ0n) is 21.1. The minimum absolute atomic E-state index is 0.0137. The van der Waals surface area contributed by atoms with Crippen LogP contribution in [0.15, 0.2) is 30.5 Å². The van der Waals surface area contributed by atoms with Crippen molar-refractivity contribution in [2.45, 2.75) is 43.9 Å². The number of halogens is 3. The predicted octanol–water partition coefficient (Wildman–Crippen LogP) is 3.34. The summed E-state index contributed by atoms with van der Waals surface area (Å²) in [7, 11) is 5.41. The number of carbonyl (C=O) groups is 2. The molecule has 0 radical (unpaired) electrons. The van der Waals surface area contributed by atoms with Gasteiger partial charge in [-0.1, -0.05) is 0 Å². The highest BCUT2D eigenvalue weighted by Gasteiger charge is 2.39. The standard InChI is InChI=1S/C25H32F3N7O2/c1-29-22(36)16-12-18(13-16)31-21-20(25(26,27)28)14-30-24(33-21)32-17-6-4-15(5-7-17)23(37)35(3)19-8-10-34(2)11-9-19/h4-7,14,16,18-19H,8-13H2,1-3H3,(H,29,36)(H2,30,31,32,33)/t16-,18+. The molecule has 2 aromatic rings. The highest BCUT2D eigenvalue weighted by atomic mass is 19.4. The Morgan fingerprint density at radius 3 is 2.35 bits per heavy atom.